The minimum absolute atomic E-state index is 0.0603. The number of benzene rings is 2. The molecule has 0 fully saturated rings. The number of halogens is 1. The van der Waals surface area contributed by atoms with Crippen molar-refractivity contribution in [3.05, 3.63) is 58.6 Å². The Morgan fingerprint density at radius 2 is 1.70 bits per heavy atom. The van der Waals surface area contributed by atoms with Gasteiger partial charge in [-0.3, -0.25) is 0 Å². The second kappa shape index (κ2) is 5.73. The van der Waals surface area contributed by atoms with Crippen molar-refractivity contribution < 1.29 is 9.47 Å². The zero-order valence-corrected chi connectivity index (χ0v) is 11.8. The molecule has 0 aromatic heterocycles. The first-order valence-electron chi connectivity index (χ1n) is 6.62. The van der Waals surface area contributed by atoms with E-state index in [2.05, 4.69) is 0 Å². The fourth-order valence-electron chi connectivity index (χ4n) is 2.30. The molecule has 1 heterocycles. The van der Waals surface area contributed by atoms with E-state index in [1.54, 1.807) is 0 Å². The second-order valence-electron chi connectivity index (χ2n) is 4.84. The SMILES string of the molecule is NC(Cc1ccc2c(c1)OCCO2)c1ccc(Cl)cc1. The van der Waals surface area contributed by atoms with Crippen LogP contribution in [0.5, 0.6) is 11.5 Å². The molecule has 0 amide bonds. The first kappa shape index (κ1) is 13.3. The van der Waals surface area contributed by atoms with Crippen LogP contribution in [0.2, 0.25) is 5.02 Å². The molecule has 1 unspecified atom stereocenters. The van der Waals surface area contributed by atoms with Crippen molar-refractivity contribution in [2.75, 3.05) is 13.2 Å². The van der Waals surface area contributed by atoms with Gasteiger partial charge in [0.2, 0.25) is 0 Å². The Morgan fingerprint density at radius 3 is 2.45 bits per heavy atom. The molecule has 2 N–H and O–H groups in total. The van der Waals surface area contributed by atoms with Gasteiger partial charge in [0.05, 0.1) is 0 Å². The first-order valence-corrected chi connectivity index (χ1v) is 7.00. The highest BCUT2D eigenvalue weighted by atomic mass is 35.5. The van der Waals surface area contributed by atoms with Crippen LogP contribution in [-0.2, 0) is 6.42 Å². The Bertz CT molecular complexity index is 598. The van der Waals surface area contributed by atoms with Gasteiger partial charge in [0, 0.05) is 11.1 Å². The van der Waals surface area contributed by atoms with E-state index in [1.807, 2.05) is 42.5 Å². The minimum Gasteiger partial charge on any atom is -0.486 e. The number of ether oxygens (including phenoxy) is 2. The average Bonchev–Trinajstić information content (AvgIpc) is 2.48. The predicted molar refractivity (Wildman–Crippen MR) is 79.5 cm³/mol. The fraction of sp³-hybridized carbons (Fsp3) is 0.250. The zero-order chi connectivity index (χ0) is 13.9. The Morgan fingerprint density at radius 1 is 1.00 bits per heavy atom. The van der Waals surface area contributed by atoms with Crippen LogP contribution in [0.1, 0.15) is 17.2 Å². The summed E-state index contributed by atoms with van der Waals surface area (Å²) >= 11 is 5.88. The summed E-state index contributed by atoms with van der Waals surface area (Å²) in [6.45, 7) is 1.20. The lowest BCUT2D eigenvalue weighted by Gasteiger charge is -2.19. The summed E-state index contributed by atoms with van der Waals surface area (Å²) in [6, 6.07) is 13.6. The van der Waals surface area contributed by atoms with Gasteiger partial charge < -0.3 is 15.2 Å². The normalized spacial score (nSPS) is 14.9. The maximum atomic E-state index is 6.24. The number of fused-ring (bicyclic) bond motifs is 1. The largest absolute Gasteiger partial charge is 0.486 e. The molecular formula is C16H16ClNO2. The van der Waals surface area contributed by atoms with E-state index in [9.17, 15) is 0 Å². The van der Waals surface area contributed by atoms with Crippen LogP contribution in [0.15, 0.2) is 42.5 Å². The molecule has 2 aromatic rings. The highest BCUT2D eigenvalue weighted by Gasteiger charge is 2.13. The number of rotatable bonds is 3. The third-order valence-corrected chi connectivity index (χ3v) is 3.61. The molecule has 1 aliphatic rings. The summed E-state index contributed by atoms with van der Waals surface area (Å²) in [6.07, 6.45) is 0.748. The van der Waals surface area contributed by atoms with Gasteiger partial charge in [-0.1, -0.05) is 29.8 Å². The van der Waals surface area contributed by atoms with Crippen molar-refractivity contribution >= 4 is 11.6 Å². The van der Waals surface area contributed by atoms with E-state index in [1.165, 1.54) is 0 Å². The van der Waals surface area contributed by atoms with E-state index in [0.717, 1.165) is 34.1 Å². The highest BCUT2D eigenvalue weighted by molar-refractivity contribution is 6.30. The quantitative estimate of drug-likeness (QED) is 0.942. The van der Waals surface area contributed by atoms with Crippen molar-refractivity contribution in [3.8, 4) is 11.5 Å². The van der Waals surface area contributed by atoms with Gasteiger partial charge in [0.15, 0.2) is 11.5 Å². The molecule has 4 heteroatoms. The number of hydrogen-bond acceptors (Lipinski definition) is 3. The number of hydrogen-bond donors (Lipinski definition) is 1. The lowest BCUT2D eigenvalue weighted by atomic mass is 9.99. The first-order chi connectivity index (χ1) is 9.72. The van der Waals surface area contributed by atoms with Crippen LogP contribution in [0.4, 0.5) is 0 Å². The van der Waals surface area contributed by atoms with Crippen LogP contribution in [0, 0.1) is 0 Å². The van der Waals surface area contributed by atoms with Crippen LogP contribution in [0.3, 0.4) is 0 Å². The summed E-state index contributed by atoms with van der Waals surface area (Å²) in [7, 11) is 0. The van der Waals surface area contributed by atoms with Crippen LogP contribution in [0.25, 0.3) is 0 Å². The molecule has 0 spiro atoms. The Kier molecular flexibility index (Phi) is 3.81. The molecule has 0 bridgehead atoms. The second-order valence-corrected chi connectivity index (χ2v) is 5.28. The van der Waals surface area contributed by atoms with Gasteiger partial charge in [-0.25, -0.2) is 0 Å². The van der Waals surface area contributed by atoms with Crippen molar-refractivity contribution in [1.29, 1.82) is 0 Å². The summed E-state index contributed by atoms with van der Waals surface area (Å²) in [5, 5.41) is 0.722. The third-order valence-electron chi connectivity index (χ3n) is 3.36. The summed E-state index contributed by atoms with van der Waals surface area (Å²) in [4.78, 5) is 0. The zero-order valence-electron chi connectivity index (χ0n) is 11.0. The van der Waals surface area contributed by atoms with Crippen LogP contribution >= 0.6 is 11.6 Å². The Balaban J connectivity index is 1.75. The monoisotopic (exact) mass is 289 g/mol. The van der Waals surface area contributed by atoms with E-state index >= 15 is 0 Å². The molecule has 104 valence electrons. The molecule has 3 nitrogen and oxygen atoms in total. The third kappa shape index (κ3) is 2.89. The summed E-state index contributed by atoms with van der Waals surface area (Å²) in [5.74, 6) is 1.61. The lowest BCUT2D eigenvalue weighted by molar-refractivity contribution is 0.171. The topological polar surface area (TPSA) is 44.5 Å². The molecule has 1 atom stereocenters. The summed E-state index contributed by atoms with van der Waals surface area (Å²) < 4.78 is 11.1. The molecule has 20 heavy (non-hydrogen) atoms. The van der Waals surface area contributed by atoms with Crippen LogP contribution in [-0.4, -0.2) is 13.2 Å². The van der Waals surface area contributed by atoms with Gasteiger partial charge >= 0.3 is 0 Å². The van der Waals surface area contributed by atoms with Gasteiger partial charge in [-0.15, -0.1) is 0 Å². The molecule has 0 saturated heterocycles. The lowest BCUT2D eigenvalue weighted by Crippen LogP contribution is -2.16. The van der Waals surface area contributed by atoms with Crippen molar-refractivity contribution in [2.45, 2.75) is 12.5 Å². The summed E-state index contributed by atoms with van der Waals surface area (Å²) in [5.41, 5.74) is 8.45. The molecule has 1 aliphatic heterocycles. The van der Waals surface area contributed by atoms with Gasteiger partial charge in [-0.2, -0.15) is 0 Å². The van der Waals surface area contributed by atoms with Gasteiger partial charge in [0.25, 0.3) is 0 Å². The maximum absolute atomic E-state index is 6.24. The molecule has 0 saturated carbocycles. The van der Waals surface area contributed by atoms with Crippen molar-refractivity contribution in [1.82, 2.24) is 0 Å². The number of nitrogens with two attached hydrogens (primary N) is 1. The Labute approximate surface area is 123 Å². The standard InChI is InChI=1S/C16H16ClNO2/c17-13-4-2-12(3-5-13)14(18)9-11-1-6-15-16(10-11)20-8-7-19-15/h1-6,10,14H,7-9,18H2. The molecule has 0 radical (unpaired) electrons. The molecular weight excluding hydrogens is 274 g/mol. The van der Waals surface area contributed by atoms with E-state index < -0.39 is 0 Å². The molecule has 2 aromatic carbocycles. The molecule has 0 aliphatic carbocycles. The van der Waals surface area contributed by atoms with Crippen LogP contribution < -0.4 is 15.2 Å². The van der Waals surface area contributed by atoms with E-state index in [4.69, 9.17) is 26.8 Å². The predicted octanol–water partition coefficient (Wildman–Crippen LogP) is 3.35. The molecule has 3 rings (SSSR count). The van der Waals surface area contributed by atoms with Gasteiger partial charge in [-0.05, 0) is 41.8 Å². The van der Waals surface area contributed by atoms with E-state index in [-0.39, 0.29) is 6.04 Å². The minimum atomic E-state index is -0.0603. The maximum Gasteiger partial charge on any atom is 0.161 e. The van der Waals surface area contributed by atoms with E-state index in [0.29, 0.717) is 13.2 Å². The fourth-order valence-corrected chi connectivity index (χ4v) is 2.42. The van der Waals surface area contributed by atoms with Crippen molar-refractivity contribution in [2.24, 2.45) is 5.73 Å². The smallest absolute Gasteiger partial charge is 0.161 e. The Hall–Kier alpha value is -1.71. The van der Waals surface area contributed by atoms with Crippen molar-refractivity contribution in [3.63, 3.8) is 0 Å². The van der Waals surface area contributed by atoms with Gasteiger partial charge in [0.1, 0.15) is 13.2 Å². The average molecular weight is 290 g/mol. The highest BCUT2D eigenvalue weighted by Crippen LogP contribution is 2.32.